The van der Waals surface area contributed by atoms with E-state index in [-0.39, 0.29) is 0 Å². The van der Waals surface area contributed by atoms with E-state index >= 15 is 0 Å². The lowest BCUT2D eigenvalue weighted by molar-refractivity contribution is -0.150. The average Bonchev–Trinajstić information content (AvgIpc) is 2.16. The SMILES string of the molecule is CCCCCCC(OCCC)C(=O)O. The van der Waals surface area contributed by atoms with Crippen molar-refractivity contribution < 1.29 is 14.6 Å². The van der Waals surface area contributed by atoms with Crippen molar-refractivity contribution in [2.45, 2.75) is 58.5 Å². The van der Waals surface area contributed by atoms with E-state index in [2.05, 4.69) is 6.92 Å². The first-order valence-corrected chi connectivity index (χ1v) is 5.56. The summed E-state index contributed by atoms with van der Waals surface area (Å²) in [7, 11) is 0. The fourth-order valence-electron chi connectivity index (χ4n) is 1.29. The van der Waals surface area contributed by atoms with Crippen LogP contribution in [0.5, 0.6) is 0 Å². The highest BCUT2D eigenvalue weighted by Gasteiger charge is 2.16. The molecule has 0 saturated heterocycles. The second kappa shape index (κ2) is 9.00. The maximum absolute atomic E-state index is 10.7. The Morgan fingerprint density at radius 3 is 2.43 bits per heavy atom. The monoisotopic (exact) mass is 202 g/mol. The molecule has 0 amide bonds. The third-order valence-electron chi connectivity index (χ3n) is 2.12. The van der Waals surface area contributed by atoms with Crippen molar-refractivity contribution >= 4 is 5.97 Å². The summed E-state index contributed by atoms with van der Waals surface area (Å²) in [6, 6.07) is 0. The van der Waals surface area contributed by atoms with Gasteiger partial charge in [-0.2, -0.15) is 0 Å². The van der Waals surface area contributed by atoms with E-state index in [1.54, 1.807) is 0 Å². The highest BCUT2D eigenvalue weighted by atomic mass is 16.5. The summed E-state index contributed by atoms with van der Waals surface area (Å²) in [6.07, 6.45) is 5.35. The summed E-state index contributed by atoms with van der Waals surface area (Å²) < 4.78 is 5.23. The maximum atomic E-state index is 10.7. The lowest BCUT2D eigenvalue weighted by Gasteiger charge is -2.12. The number of carboxylic acids is 1. The Kier molecular flexibility index (Phi) is 8.64. The number of unbranched alkanes of at least 4 members (excludes halogenated alkanes) is 3. The van der Waals surface area contributed by atoms with Crippen molar-refractivity contribution in [2.24, 2.45) is 0 Å². The van der Waals surface area contributed by atoms with Gasteiger partial charge in [-0.1, -0.05) is 39.5 Å². The van der Waals surface area contributed by atoms with E-state index in [1.165, 1.54) is 12.8 Å². The summed E-state index contributed by atoms with van der Waals surface area (Å²) in [6.45, 7) is 4.67. The molecule has 0 aliphatic carbocycles. The number of hydrogen-bond acceptors (Lipinski definition) is 2. The van der Waals surface area contributed by atoms with Crippen LogP contribution in [-0.2, 0) is 9.53 Å². The molecule has 1 N–H and O–H groups in total. The van der Waals surface area contributed by atoms with E-state index in [4.69, 9.17) is 9.84 Å². The Morgan fingerprint density at radius 1 is 1.21 bits per heavy atom. The lowest BCUT2D eigenvalue weighted by Crippen LogP contribution is -2.24. The number of carbonyl (C=O) groups is 1. The molecule has 1 unspecified atom stereocenters. The van der Waals surface area contributed by atoms with Crippen LogP contribution in [0.1, 0.15) is 52.4 Å². The topological polar surface area (TPSA) is 46.5 Å². The van der Waals surface area contributed by atoms with E-state index in [1.807, 2.05) is 6.92 Å². The highest BCUT2D eigenvalue weighted by molar-refractivity contribution is 5.72. The number of ether oxygens (including phenoxy) is 1. The fourth-order valence-corrected chi connectivity index (χ4v) is 1.29. The van der Waals surface area contributed by atoms with Crippen LogP contribution in [-0.4, -0.2) is 23.8 Å². The van der Waals surface area contributed by atoms with E-state index in [9.17, 15) is 4.79 Å². The Balaban J connectivity index is 3.57. The molecule has 1 atom stereocenters. The number of rotatable bonds is 9. The van der Waals surface area contributed by atoms with Crippen LogP contribution < -0.4 is 0 Å². The molecular formula is C11H22O3. The normalized spacial score (nSPS) is 12.7. The zero-order chi connectivity index (χ0) is 10.8. The van der Waals surface area contributed by atoms with Crippen LogP contribution in [0.25, 0.3) is 0 Å². The third kappa shape index (κ3) is 6.89. The zero-order valence-corrected chi connectivity index (χ0v) is 9.29. The van der Waals surface area contributed by atoms with Gasteiger partial charge in [-0.25, -0.2) is 4.79 Å². The van der Waals surface area contributed by atoms with Crippen molar-refractivity contribution in [1.29, 1.82) is 0 Å². The van der Waals surface area contributed by atoms with Gasteiger partial charge in [0.1, 0.15) is 0 Å². The predicted molar refractivity (Wildman–Crippen MR) is 56.4 cm³/mol. The van der Waals surface area contributed by atoms with E-state index in [0.717, 1.165) is 19.3 Å². The van der Waals surface area contributed by atoms with Crippen molar-refractivity contribution in [3.8, 4) is 0 Å². The van der Waals surface area contributed by atoms with Gasteiger partial charge >= 0.3 is 5.97 Å². The van der Waals surface area contributed by atoms with Gasteiger partial charge in [0.2, 0.25) is 0 Å². The molecule has 0 aliphatic rings. The largest absolute Gasteiger partial charge is 0.479 e. The molecule has 84 valence electrons. The first-order chi connectivity index (χ1) is 6.72. The van der Waals surface area contributed by atoms with Gasteiger partial charge in [0.25, 0.3) is 0 Å². The second-order valence-electron chi connectivity index (χ2n) is 3.55. The zero-order valence-electron chi connectivity index (χ0n) is 9.29. The van der Waals surface area contributed by atoms with Gasteiger partial charge in [-0.15, -0.1) is 0 Å². The smallest absolute Gasteiger partial charge is 0.332 e. The molecule has 0 aliphatic heterocycles. The van der Waals surface area contributed by atoms with Gasteiger partial charge in [0, 0.05) is 6.61 Å². The third-order valence-corrected chi connectivity index (χ3v) is 2.12. The summed E-state index contributed by atoms with van der Waals surface area (Å²) in [5, 5.41) is 8.83. The molecule has 0 aromatic heterocycles. The minimum atomic E-state index is -0.824. The molecule has 0 aromatic carbocycles. The molecule has 0 fully saturated rings. The Morgan fingerprint density at radius 2 is 1.93 bits per heavy atom. The van der Waals surface area contributed by atoms with Crippen LogP contribution in [0.15, 0.2) is 0 Å². The van der Waals surface area contributed by atoms with Crippen molar-refractivity contribution in [3.05, 3.63) is 0 Å². The van der Waals surface area contributed by atoms with Crippen LogP contribution in [0.3, 0.4) is 0 Å². The predicted octanol–water partition coefficient (Wildman–Crippen LogP) is 2.84. The van der Waals surface area contributed by atoms with Crippen molar-refractivity contribution in [1.82, 2.24) is 0 Å². The standard InChI is InChI=1S/C11H22O3/c1-3-5-6-7-8-10(11(12)13)14-9-4-2/h10H,3-9H2,1-2H3,(H,12,13). The van der Waals surface area contributed by atoms with Crippen LogP contribution in [0.4, 0.5) is 0 Å². The van der Waals surface area contributed by atoms with Crippen LogP contribution >= 0.6 is 0 Å². The van der Waals surface area contributed by atoms with E-state index < -0.39 is 12.1 Å². The van der Waals surface area contributed by atoms with Crippen molar-refractivity contribution in [3.63, 3.8) is 0 Å². The molecule has 0 spiro atoms. The quantitative estimate of drug-likeness (QED) is 0.585. The molecule has 0 radical (unpaired) electrons. The van der Waals surface area contributed by atoms with Crippen molar-refractivity contribution in [2.75, 3.05) is 6.61 Å². The highest BCUT2D eigenvalue weighted by Crippen LogP contribution is 2.08. The van der Waals surface area contributed by atoms with Crippen LogP contribution in [0, 0.1) is 0 Å². The molecule has 0 bridgehead atoms. The molecule has 0 aromatic rings. The lowest BCUT2D eigenvalue weighted by atomic mass is 10.1. The number of aliphatic carboxylic acids is 1. The Hall–Kier alpha value is -0.570. The number of hydrogen-bond donors (Lipinski definition) is 1. The summed E-state index contributed by atoms with van der Waals surface area (Å²) in [5.41, 5.74) is 0. The molecule has 0 saturated carbocycles. The maximum Gasteiger partial charge on any atom is 0.332 e. The molecule has 14 heavy (non-hydrogen) atoms. The first kappa shape index (κ1) is 13.4. The first-order valence-electron chi connectivity index (χ1n) is 5.56. The molecule has 3 heteroatoms. The van der Waals surface area contributed by atoms with Gasteiger partial charge in [0.05, 0.1) is 0 Å². The van der Waals surface area contributed by atoms with Gasteiger partial charge in [0.15, 0.2) is 6.10 Å². The van der Waals surface area contributed by atoms with Gasteiger partial charge in [-0.05, 0) is 12.8 Å². The number of carboxylic acid groups (broad SMARTS) is 1. The molecular weight excluding hydrogens is 180 g/mol. The molecule has 0 heterocycles. The second-order valence-corrected chi connectivity index (χ2v) is 3.55. The summed E-state index contributed by atoms with van der Waals surface area (Å²) >= 11 is 0. The van der Waals surface area contributed by atoms with E-state index in [0.29, 0.717) is 13.0 Å². The fraction of sp³-hybridized carbons (Fsp3) is 0.909. The Bertz CT molecular complexity index is 145. The Labute approximate surface area is 86.5 Å². The van der Waals surface area contributed by atoms with Gasteiger partial charge < -0.3 is 9.84 Å². The van der Waals surface area contributed by atoms with Crippen LogP contribution in [0.2, 0.25) is 0 Å². The summed E-state index contributed by atoms with van der Waals surface area (Å²) in [4.78, 5) is 10.7. The summed E-state index contributed by atoms with van der Waals surface area (Å²) in [5.74, 6) is -0.824. The average molecular weight is 202 g/mol. The molecule has 0 rings (SSSR count). The van der Waals surface area contributed by atoms with Gasteiger partial charge in [-0.3, -0.25) is 0 Å². The minimum Gasteiger partial charge on any atom is -0.479 e. The molecule has 3 nitrogen and oxygen atoms in total. The minimum absolute atomic E-state index is 0.546.